The number of hydrogen-bond acceptors (Lipinski definition) is 2. The van der Waals surface area contributed by atoms with Gasteiger partial charge in [0.2, 0.25) is 5.91 Å². The summed E-state index contributed by atoms with van der Waals surface area (Å²) < 4.78 is 18.8. The summed E-state index contributed by atoms with van der Waals surface area (Å²) >= 11 is 0. The lowest BCUT2D eigenvalue weighted by molar-refractivity contribution is -0.121. The first-order chi connectivity index (χ1) is 9.06. The van der Waals surface area contributed by atoms with E-state index in [1.807, 2.05) is 26.0 Å². The lowest BCUT2D eigenvalue weighted by atomic mass is 10.1. The van der Waals surface area contributed by atoms with E-state index in [0.29, 0.717) is 11.3 Å². The van der Waals surface area contributed by atoms with Crippen molar-refractivity contribution < 1.29 is 13.6 Å². The summed E-state index contributed by atoms with van der Waals surface area (Å²) in [5.41, 5.74) is 0.392. The second kappa shape index (κ2) is 5.69. The van der Waals surface area contributed by atoms with Gasteiger partial charge in [0.25, 0.3) is 0 Å². The fourth-order valence-corrected chi connectivity index (χ4v) is 1.86. The molecule has 19 heavy (non-hydrogen) atoms. The molecule has 1 amide bonds. The van der Waals surface area contributed by atoms with Crippen molar-refractivity contribution >= 4 is 5.91 Å². The molecule has 0 aliphatic rings. The number of carbonyl (C=O) groups excluding carboxylic acids is 1. The first-order valence-corrected chi connectivity index (χ1v) is 6.15. The molecular weight excluding hydrogens is 245 g/mol. The molecule has 0 fully saturated rings. The Morgan fingerprint density at radius 3 is 2.68 bits per heavy atom. The van der Waals surface area contributed by atoms with Crippen LogP contribution in [-0.4, -0.2) is 5.91 Å². The van der Waals surface area contributed by atoms with E-state index in [0.717, 1.165) is 5.76 Å². The standard InChI is InChI=1S/C15H16FNO2/c1-10-7-8-14(19-10)11(2)17-15(18)9-12-5-3-4-6-13(12)16/h3-8,11H,9H2,1-2H3,(H,17,18). The monoisotopic (exact) mass is 261 g/mol. The van der Waals surface area contributed by atoms with Crippen molar-refractivity contribution in [2.24, 2.45) is 0 Å². The molecule has 0 radical (unpaired) electrons. The Kier molecular flexibility index (Phi) is 4.00. The van der Waals surface area contributed by atoms with Gasteiger partial charge in [-0.1, -0.05) is 18.2 Å². The third-order valence-corrected chi connectivity index (χ3v) is 2.87. The zero-order valence-electron chi connectivity index (χ0n) is 10.9. The Morgan fingerprint density at radius 1 is 1.32 bits per heavy atom. The van der Waals surface area contributed by atoms with Crippen molar-refractivity contribution in [3.05, 3.63) is 59.3 Å². The molecule has 1 aromatic heterocycles. The lowest BCUT2D eigenvalue weighted by Gasteiger charge is -2.11. The third-order valence-electron chi connectivity index (χ3n) is 2.87. The summed E-state index contributed by atoms with van der Waals surface area (Å²) in [5.74, 6) is 0.899. The average molecular weight is 261 g/mol. The Labute approximate surface area is 111 Å². The molecule has 3 nitrogen and oxygen atoms in total. The van der Waals surface area contributed by atoms with Gasteiger partial charge in [0, 0.05) is 0 Å². The van der Waals surface area contributed by atoms with Crippen LogP contribution in [0.4, 0.5) is 4.39 Å². The molecule has 2 rings (SSSR count). The molecule has 0 aliphatic heterocycles. The highest BCUT2D eigenvalue weighted by Gasteiger charge is 2.14. The van der Waals surface area contributed by atoms with Crippen molar-refractivity contribution in [3.8, 4) is 0 Å². The van der Waals surface area contributed by atoms with Crippen LogP contribution in [0.5, 0.6) is 0 Å². The van der Waals surface area contributed by atoms with Gasteiger partial charge in [-0.05, 0) is 37.6 Å². The summed E-state index contributed by atoms with van der Waals surface area (Å²) in [7, 11) is 0. The molecule has 0 saturated carbocycles. The van der Waals surface area contributed by atoms with Crippen LogP contribution < -0.4 is 5.32 Å². The number of carbonyl (C=O) groups is 1. The van der Waals surface area contributed by atoms with Gasteiger partial charge < -0.3 is 9.73 Å². The van der Waals surface area contributed by atoms with E-state index in [9.17, 15) is 9.18 Å². The predicted octanol–water partition coefficient (Wildman–Crippen LogP) is 3.15. The molecule has 0 saturated heterocycles. The van der Waals surface area contributed by atoms with Gasteiger partial charge in [-0.25, -0.2) is 4.39 Å². The van der Waals surface area contributed by atoms with Crippen molar-refractivity contribution in [3.63, 3.8) is 0 Å². The molecule has 1 aromatic carbocycles. The van der Waals surface area contributed by atoms with Crippen LogP contribution in [0.15, 0.2) is 40.8 Å². The van der Waals surface area contributed by atoms with Gasteiger partial charge in [-0.15, -0.1) is 0 Å². The normalized spacial score (nSPS) is 12.2. The van der Waals surface area contributed by atoms with Crippen LogP contribution in [0.3, 0.4) is 0 Å². The van der Waals surface area contributed by atoms with E-state index in [1.54, 1.807) is 18.2 Å². The predicted molar refractivity (Wildman–Crippen MR) is 70.1 cm³/mol. The Balaban J connectivity index is 1.96. The number of benzene rings is 1. The fourth-order valence-electron chi connectivity index (χ4n) is 1.86. The van der Waals surface area contributed by atoms with E-state index < -0.39 is 0 Å². The van der Waals surface area contributed by atoms with Crippen molar-refractivity contribution in [1.82, 2.24) is 5.32 Å². The molecule has 1 atom stereocenters. The van der Waals surface area contributed by atoms with E-state index >= 15 is 0 Å². The SMILES string of the molecule is Cc1ccc(C(C)NC(=O)Cc2ccccc2F)o1. The van der Waals surface area contributed by atoms with Gasteiger partial charge >= 0.3 is 0 Å². The first-order valence-electron chi connectivity index (χ1n) is 6.15. The van der Waals surface area contributed by atoms with Crippen LogP contribution in [0, 0.1) is 12.7 Å². The molecule has 1 heterocycles. The van der Waals surface area contributed by atoms with E-state index in [1.165, 1.54) is 6.07 Å². The minimum atomic E-state index is -0.362. The van der Waals surface area contributed by atoms with E-state index in [-0.39, 0.29) is 24.2 Å². The lowest BCUT2D eigenvalue weighted by Crippen LogP contribution is -2.28. The quantitative estimate of drug-likeness (QED) is 0.918. The molecule has 0 spiro atoms. The highest BCUT2D eigenvalue weighted by atomic mass is 19.1. The molecule has 1 N–H and O–H groups in total. The molecular formula is C15H16FNO2. The Bertz CT molecular complexity index is 577. The molecule has 1 unspecified atom stereocenters. The number of hydrogen-bond donors (Lipinski definition) is 1. The van der Waals surface area contributed by atoms with Crippen LogP contribution in [-0.2, 0) is 11.2 Å². The van der Waals surface area contributed by atoms with Crippen LogP contribution in [0.2, 0.25) is 0 Å². The fraction of sp³-hybridized carbons (Fsp3) is 0.267. The van der Waals surface area contributed by atoms with Crippen LogP contribution in [0.1, 0.15) is 30.0 Å². The van der Waals surface area contributed by atoms with E-state index in [4.69, 9.17) is 4.42 Å². The Hall–Kier alpha value is -2.10. The van der Waals surface area contributed by atoms with Crippen molar-refractivity contribution in [2.45, 2.75) is 26.3 Å². The number of rotatable bonds is 4. The minimum absolute atomic E-state index is 0.0245. The van der Waals surface area contributed by atoms with Gasteiger partial charge in [0.05, 0.1) is 12.5 Å². The maximum atomic E-state index is 13.4. The largest absolute Gasteiger partial charge is 0.464 e. The maximum Gasteiger partial charge on any atom is 0.225 e. The van der Waals surface area contributed by atoms with Crippen molar-refractivity contribution in [2.75, 3.05) is 0 Å². The molecule has 100 valence electrons. The van der Waals surface area contributed by atoms with Gasteiger partial charge in [-0.3, -0.25) is 4.79 Å². The van der Waals surface area contributed by atoms with Crippen LogP contribution >= 0.6 is 0 Å². The summed E-state index contributed by atoms with van der Waals surface area (Å²) in [4.78, 5) is 11.8. The third kappa shape index (κ3) is 3.44. The van der Waals surface area contributed by atoms with Gasteiger partial charge in [0.15, 0.2) is 0 Å². The summed E-state index contributed by atoms with van der Waals surface area (Å²) in [6.45, 7) is 3.68. The maximum absolute atomic E-state index is 13.4. The molecule has 0 aliphatic carbocycles. The molecule has 4 heteroatoms. The Morgan fingerprint density at radius 2 is 2.05 bits per heavy atom. The minimum Gasteiger partial charge on any atom is -0.464 e. The summed E-state index contributed by atoms with van der Waals surface area (Å²) in [6.07, 6.45) is 0.0245. The van der Waals surface area contributed by atoms with E-state index in [2.05, 4.69) is 5.32 Å². The number of furan rings is 1. The number of halogens is 1. The highest BCUT2D eigenvalue weighted by Crippen LogP contribution is 2.16. The zero-order valence-corrected chi connectivity index (χ0v) is 10.9. The first kappa shape index (κ1) is 13.3. The highest BCUT2D eigenvalue weighted by molar-refractivity contribution is 5.78. The second-order valence-corrected chi connectivity index (χ2v) is 4.51. The number of nitrogens with one attached hydrogen (secondary N) is 1. The summed E-state index contributed by atoms with van der Waals surface area (Å²) in [5, 5.41) is 2.79. The molecule has 0 bridgehead atoms. The van der Waals surface area contributed by atoms with Gasteiger partial charge in [0.1, 0.15) is 17.3 Å². The van der Waals surface area contributed by atoms with Crippen LogP contribution in [0.25, 0.3) is 0 Å². The zero-order chi connectivity index (χ0) is 13.8. The molecule has 2 aromatic rings. The number of aryl methyl sites for hydroxylation is 1. The van der Waals surface area contributed by atoms with Crippen molar-refractivity contribution in [1.29, 1.82) is 0 Å². The average Bonchev–Trinajstić information content (AvgIpc) is 2.79. The second-order valence-electron chi connectivity index (χ2n) is 4.51. The topological polar surface area (TPSA) is 42.2 Å². The van der Waals surface area contributed by atoms with Gasteiger partial charge in [-0.2, -0.15) is 0 Å². The number of amides is 1. The smallest absolute Gasteiger partial charge is 0.225 e. The summed E-state index contributed by atoms with van der Waals surface area (Å²) in [6, 6.07) is 9.71.